The van der Waals surface area contributed by atoms with Crippen molar-refractivity contribution in [3.63, 3.8) is 0 Å². The lowest BCUT2D eigenvalue weighted by Crippen LogP contribution is -2.55. The van der Waals surface area contributed by atoms with Gasteiger partial charge in [-0.25, -0.2) is 18.7 Å². The van der Waals surface area contributed by atoms with Gasteiger partial charge in [0.15, 0.2) is 6.29 Å². The van der Waals surface area contributed by atoms with Crippen LogP contribution < -0.4 is 10.9 Å². The summed E-state index contributed by atoms with van der Waals surface area (Å²) in [6, 6.07) is 15.6. The summed E-state index contributed by atoms with van der Waals surface area (Å²) in [4.78, 5) is 59.7. The number of nitrogens with zero attached hydrogens (tertiary/aromatic N) is 2. The molecule has 2 aliphatic heterocycles. The fourth-order valence-corrected chi connectivity index (χ4v) is 5.84. The van der Waals surface area contributed by atoms with Crippen LogP contribution in [0.5, 0.6) is 0 Å². The molecule has 242 valence electrons. The second-order valence-electron chi connectivity index (χ2n) is 11.6. The van der Waals surface area contributed by atoms with Gasteiger partial charge in [0.1, 0.15) is 6.67 Å². The van der Waals surface area contributed by atoms with Crippen LogP contribution in [0.25, 0.3) is 6.08 Å². The average molecular weight is 641 g/mol. The topological polar surface area (TPSA) is 151 Å². The van der Waals surface area contributed by atoms with Crippen LogP contribution in [0.3, 0.4) is 0 Å². The second-order valence-corrected chi connectivity index (χ2v) is 13.5. The summed E-state index contributed by atoms with van der Waals surface area (Å²) in [7, 11) is -4.17. The molecule has 0 aromatic heterocycles. The molecule has 4 rings (SSSR count). The van der Waals surface area contributed by atoms with Gasteiger partial charge in [0.2, 0.25) is 21.8 Å². The molecule has 2 aliphatic rings. The molecule has 4 amide bonds. The highest BCUT2D eigenvalue weighted by molar-refractivity contribution is 7.88. The molecule has 0 spiro atoms. The van der Waals surface area contributed by atoms with Crippen LogP contribution in [-0.4, -0.2) is 67.2 Å². The van der Waals surface area contributed by atoms with E-state index in [1.54, 1.807) is 18.2 Å². The first-order valence-corrected chi connectivity index (χ1v) is 16.8. The van der Waals surface area contributed by atoms with Crippen LogP contribution in [0.1, 0.15) is 72.2 Å². The number of carbonyl (C=O) groups is 4. The minimum absolute atomic E-state index is 0.0559. The number of benzene rings is 2. The number of sulfonamides is 1. The highest BCUT2D eigenvalue weighted by Crippen LogP contribution is 2.27. The van der Waals surface area contributed by atoms with E-state index >= 15 is 0 Å². The number of hydrazine groups is 1. The first-order chi connectivity index (χ1) is 21.5. The predicted octanol–water partition coefficient (Wildman–Crippen LogP) is 3.49. The largest absolute Gasteiger partial charge is 0.350 e. The maximum absolute atomic E-state index is 13.9. The number of carbonyl (C=O) groups excluding carboxylic acids is 4. The molecule has 1 saturated heterocycles. The normalized spacial score (nSPS) is 18.3. The zero-order valence-corrected chi connectivity index (χ0v) is 26.5. The SMILES string of the molecule is CC(C)C[C@@H](C(=O)NN(CN1C(=O)c2ccccc2C1=O)S(C)(=O)=O)[C@H](CC=Cc1ccccc1)C(=O)NOC1CCCCO1. The third-order valence-corrected chi connectivity index (χ3v) is 8.60. The molecule has 13 heteroatoms. The molecule has 0 radical (unpaired) electrons. The summed E-state index contributed by atoms with van der Waals surface area (Å²) < 4.78 is 31.8. The van der Waals surface area contributed by atoms with Crippen molar-refractivity contribution in [2.45, 2.75) is 52.2 Å². The van der Waals surface area contributed by atoms with Gasteiger partial charge < -0.3 is 4.74 Å². The van der Waals surface area contributed by atoms with Crippen molar-refractivity contribution in [1.82, 2.24) is 20.2 Å². The molecule has 0 saturated carbocycles. The van der Waals surface area contributed by atoms with Crippen LogP contribution in [0.15, 0.2) is 60.7 Å². The van der Waals surface area contributed by atoms with Crippen molar-refractivity contribution >= 4 is 39.7 Å². The summed E-state index contributed by atoms with van der Waals surface area (Å²) in [6.45, 7) is 3.54. The Morgan fingerprint density at radius 1 is 1.00 bits per heavy atom. The molecule has 0 aliphatic carbocycles. The van der Waals surface area contributed by atoms with E-state index in [-0.39, 0.29) is 29.9 Å². The van der Waals surface area contributed by atoms with Crippen LogP contribution >= 0.6 is 0 Å². The number of allylic oxidation sites excluding steroid dienone is 1. The first-order valence-electron chi connectivity index (χ1n) is 15.0. The van der Waals surface area contributed by atoms with Gasteiger partial charge in [0, 0.05) is 13.0 Å². The third-order valence-electron chi connectivity index (χ3n) is 7.60. The van der Waals surface area contributed by atoms with Crippen molar-refractivity contribution in [3.05, 3.63) is 77.4 Å². The number of fused-ring (bicyclic) bond motifs is 1. The molecule has 2 aromatic rings. The Balaban J connectivity index is 1.57. The molecular weight excluding hydrogens is 600 g/mol. The van der Waals surface area contributed by atoms with Crippen molar-refractivity contribution in [3.8, 4) is 0 Å². The van der Waals surface area contributed by atoms with Crippen molar-refractivity contribution in [2.75, 3.05) is 19.5 Å². The molecule has 0 bridgehead atoms. The fraction of sp³-hybridized carbons (Fsp3) is 0.438. The highest BCUT2D eigenvalue weighted by atomic mass is 32.2. The molecule has 2 aromatic carbocycles. The van der Waals surface area contributed by atoms with E-state index in [4.69, 9.17) is 9.57 Å². The minimum atomic E-state index is -4.17. The van der Waals surface area contributed by atoms with E-state index in [2.05, 4.69) is 10.9 Å². The lowest BCUT2D eigenvalue weighted by Gasteiger charge is -2.31. The van der Waals surface area contributed by atoms with Crippen molar-refractivity contribution in [2.24, 2.45) is 17.8 Å². The number of rotatable bonds is 14. The molecule has 45 heavy (non-hydrogen) atoms. The Morgan fingerprint density at radius 2 is 1.64 bits per heavy atom. The number of hydroxylamine groups is 1. The van der Waals surface area contributed by atoms with Gasteiger partial charge in [-0.05, 0) is 49.3 Å². The Bertz CT molecular complexity index is 1470. The number of ether oxygens (including phenoxy) is 1. The Kier molecular flexibility index (Phi) is 11.6. The van der Waals surface area contributed by atoms with E-state index in [0.29, 0.717) is 17.4 Å². The number of nitrogens with one attached hydrogen (secondary N) is 2. The molecule has 2 N–H and O–H groups in total. The Hall–Kier alpha value is -3.91. The highest BCUT2D eigenvalue weighted by Gasteiger charge is 2.40. The monoisotopic (exact) mass is 640 g/mol. The molecule has 1 fully saturated rings. The number of amides is 4. The summed E-state index contributed by atoms with van der Waals surface area (Å²) >= 11 is 0. The van der Waals surface area contributed by atoms with E-state index in [1.165, 1.54) is 12.1 Å². The molecular formula is C32H40N4O8S. The minimum Gasteiger partial charge on any atom is -0.350 e. The van der Waals surface area contributed by atoms with Gasteiger partial charge in [-0.2, -0.15) is 0 Å². The van der Waals surface area contributed by atoms with E-state index in [1.807, 2.05) is 50.3 Å². The van der Waals surface area contributed by atoms with Crippen LogP contribution in [0.4, 0.5) is 0 Å². The maximum Gasteiger partial charge on any atom is 0.262 e. The van der Waals surface area contributed by atoms with Crippen LogP contribution in [-0.2, 0) is 29.2 Å². The summed E-state index contributed by atoms with van der Waals surface area (Å²) in [5.41, 5.74) is 6.05. The molecule has 1 unspecified atom stereocenters. The lowest BCUT2D eigenvalue weighted by atomic mass is 9.82. The second kappa shape index (κ2) is 15.4. The van der Waals surface area contributed by atoms with Gasteiger partial charge in [-0.3, -0.25) is 29.5 Å². The summed E-state index contributed by atoms with van der Waals surface area (Å²) in [5.74, 6) is -4.70. The van der Waals surface area contributed by atoms with Crippen LogP contribution in [0, 0.1) is 17.8 Å². The van der Waals surface area contributed by atoms with Crippen LogP contribution in [0.2, 0.25) is 0 Å². The Labute approximate surface area is 263 Å². The van der Waals surface area contributed by atoms with E-state index < -0.39 is 58.4 Å². The van der Waals surface area contributed by atoms with Gasteiger partial charge in [0.05, 0.1) is 29.2 Å². The zero-order chi connectivity index (χ0) is 32.6. The van der Waals surface area contributed by atoms with E-state index in [0.717, 1.165) is 29.6 Å². The number of hydrogen-bond donors (Lipinski definition) is 2. The van der Waals surface area contributed by atoms with Crippen molar-refractivity contribution in [1.29, 1.82) is 0 Å². The molecule has 12 nitrogen and oxygen atoms in total. The van der Waals surface area contributed by atoms with Gasteiger partial charge >= 0.3 is 0 Å². The Morgan fingerprint density at radius 3 is 2.22 bits per heavy atom. The first kappa shape index (κ1) is 34.0. The van der Waals surface area contributed by atoms with Crippen molar-refractivity contribution < 1.29 is 37.2 Å². The maximum atomic E-state index is 13.9. The average Bonchev–Trinajstić information content (AvgIpc) is 3.26. The quantitative estimate of drug-likeness (QED) is 0.235. The van der Waals surface area contributed by atoms with E-state index in [9.17, 15) is 27.6 Å². The molecule has 2 heterocycles. The van der Waals surface area contributed by atoms with Gasteiger partial charge in [0.25, 0.3) is 11.8 Å². The van der Waals surface area contributed by atoms with Gasteiger partial charge in [-0.1, -0.05) is 72.9 Å². The lowest BCUT2D eigenvalue weighted by molar-refractivity contribution is -0.203. The van der Waals surface area contributed by atoms with Gasteiger partial charge in [-0.15, -0.1) is 0 Å². The summed E-state index contributed by atoms with van der Waals surface area (Å²) in [6.07, 6.45) is 6.62. The standard InChI is InChI=1S/C32H40N4O8S/c1-22(2)20-27(24(17-11-14-23-12-5-4-6-13-23)30(38)34-44-28-18-9-10-19-43-28)29(37)33-36(45(3,41)42)21-35-31(39)25-15-7-8-16-26(25)32(35)40/h4-8,11-16,22,24,27-28H,9-10,17-21H2,1-3H3,(H,33,37)(H,34,38)/t24-,27+,28?/m0/s1. The zero-order valence-electron chi connectivity index (χ0n) is 25.7. The summed E-state index contributed by atoms with van der Waals surface area (Å²) in [5, 5.41) is 0. The molecule has 3 atom stereocenters. The number of hydrogen-bond acceptors (Lipinski definition) is 8. The smallest absolute Gasteiger partial charge is 0.262 e. The third kappa shape index (κ3) is 9.07. The number of imide groups is 1. The predicted molar refractivity (Wildman–Crippen MR) is 166 cm³/mol. The fourth-order valence-electron chi connectivity index (χ4n) is 5.26.